The molecule has 3 rings (SSSR count). The minimum absolute atomic E-state index is 0.195. The summed E-state index contributed by atoms with van der Waals surface area (Å²) >= 11 is 0. The number of carboxylic acids is 1. The Morgan fingerprint density at radius 2 is 1.92 bits per heavy atom. The molecule has 0 saturated heterocycles. The van der Waals surface area contributed by atoms with Gasteiger partial charge in [-0.05, 0) is 36.8 Å². The van der Waals surface area contributed by atoms with E-state index in [1.54, 1.807) is 30.5 Å². The molecule has 0 radical (unpaired) electrons. The van der Waals surface area contributed by atoms with Gasteiger partial charge in [-0.1, -0.05) is 29.8 Å². The number of amides is 2. The van der Waals surface area contributed by atoms with Gasteiger partial charge in [-0.15, -0.1) is 0 Å². The minimum Gasteiger partial charge on any atom is -0.480 e. The number of anilines is 1. The van der Waals surface area contributed by atoms with Crippen LogP contribution < -0.4 is 10.6 Å². The van der Waals surface area contributed by atoms with Crippen molar-refractivity contribution in [2.75, 3.05) is 5.32 Å². The first kappa shape index (κ1) is 16.6. The maximum absolute atomic E-state index is 12.1. The van der Waals surface area contributed by atoms with Gasteiger partial charge >= 0.3 is 12.0 Å². The summed E-state index contributed by atoms with van der Waals surface area (Å²) in [6, 6.07) is 13.3. The van der Waals surface area contributed by atoms with Crippen LogP contribution in [-0.2, 0) is 11.2 Å². The third kappa shape index (κ3) is 3.98. The van der Waals surface area contributed by atoms with Crippen LogP contribution in [0.15, 0.2) is 54.7 Å². The Morgan fingerprint density at radius 3 is 2.64 bits per heavy atom. The molecule has 0 spiro atoms. The quantitative estimate of drug-likeness (QED) is 0.575. The Morgan fingerprint density at radius 1 is 1.16 bits per heavy atom. The van der Waals surface area contributed by atoms with E-state index in [-0.39, 0.29) is 6.42 Å². The normalized spacial score (nSPS) is 11.9. The average molecular weight is 337 g/mol. The zero-order valence-corrected chi connectivity index (χ0v) is 13.7. The molecule has 0 aliphatic heterocycles. The van der Waals surface area contributed by atoms with Gasteiger partial charge in [0, 0.05) is 29.2 Å². The highest BCUT2D eigenvalue weighted by molar-refractivity contribution is 5.92. The summed E-state index contributed by atoms with van der Waals surface area (Å²) in [5, 5.41) is 15.6. The Balaban J connectivity index is 1.73. The monoisotopic (exact) mass is 337 g/mol. The molecule has 25 heavy (non-hydrogen) atoms. The van der Waals surface area contributed by atoms with Crippen LogP contribution in [0.5, 0.6) is 0 Å². The van der Waals surface area contributed by atoms with E-state index in [1.165, 1.54) is 0 Å². The van der Waals surface area contributed by atoms with Crippen molar-refractivity contribution in [1.82, 2.24) is 10.3 Å². The molecule has 0 aliphatic rings. The van der Waals surface area contributed by atoms with Crippen molar-refractivity contribution in [3.63, 3.8) is 0 Å². The predicted octanol–water partition coefficient (Wildman–Crippen LogP) is 3.29. The average Bonchev–Trinajstić information content (AvgIpc) is 2.97. The van der Waals surface area contributed by atoms with Crippen LogP contribution in [0.2, 0.25) is 0 Å². The number of urea groups is 1. The van der Waals surface area contributed by atoms with Crippen LogP contribution >= 0.6 is 0 Å². The van der Waals surface area contributed by atoms with Crippen molar-refractivity contribution in [3.8, 4) is 0 Å². The number of H-pyrrole nitrogens is 1. The zero-order valence-electron chi connectivity index (χ0n) is 13.7. The molecule has 1 heterocycles. The number of aliphatic carboxylic acids is 1. The van der Waals surface area contributed by atoms with E-state index >= 15 is 0 Å². The highest BCUT2D eigenvalue weighted by atomic mass is 16.4. The van der Waals surface area contributed by atoms with Gasteiger partial charge in [0.05, 0.1) is 0 Å². The van der Waals surface area contributed by atoms with Gasteiger partial charge < -0.3 is 20.7 Å². The fourth-order valence-corrected chi connectivity index (χ4v) is 2.73. The van der Waals surface area contributed by atoms with Gasteiger partial charge in [-0.3, -0.25) is 0 Å². The summed E-state index contributed by atoms with van der Waals surface area (Å²) in [6.07, 6.45) is 1.98. The summed E-state index contributed by atoms with van der Waals surface area (Å²) in [4.78, 5) is 26.8. The molecule has 1 aromatic heterocycles. The first-order valence-electron chi connectivity index (χ1n) is 7.95. The molecule has 6 nitrogen and oxygen atoms in total. The standard InChI is InChI=1S/C19H19N3O3/c1-12-7-8-16-15(9-12)13(11-20-16)10-17(18(23)24)22-19(25)21-14-5-3-2-4-6-14/h2-9,11,17,20H,10H2,1H3,(H,23,24)(H2,21,22,25)/t17-/m0/s1. The number of benzene rings is 2. The topological polar surface area (TPSA) is 94.2 Å². The van der Waals surface area contributed by atoms with Gasteiger partial charge in [0.2, 0.25) is 0 Å². The second kappa shape index (κ2) is 7.09. The number of fused-ring (bicyclic) bond motifs is 1. The molecule has 6 heteroatoms. The van der Waals surface area contributed by atoms with E-state index in [9.17, 15) is 14.7 Å². The minimum atomic E-state index is -1.08. The largest absolute Gasteiger partial charge is 0.480 e. The number of carbonyl (C=O) groups excluding carboxylic acids is 1. The highest BCUT2D eigenvalue weighted by Gasteiger charge is 2.22. The fourth-order valence-electron chi connectivity index (χ4n) is 2.73. The van der Waals surface area contributed by atoms with Gasteiger partial charge in [0.1, 0.15) is 6.04 Å². The molecule has 2 aromatic carbocycles. The Hall–Kier alpha value is -3.28. The number of aromatic nitrogens is 1. The number of rotatable bonds is 5. The van der Waals surface area contributed by atoms with Crippen molar-refractivity contribution >= 4 is 28.6 Å². The number of aromatic amines is 1. The molecule has 0 unspecified atom stereocenters. The third-order valence-corrected chi connectivity index (χ3v) is 3.98. The van der Waals surface area contributed by atoms with Gasteiger partial charge in [0.25, 0.3) is 0 Å². The lowest BCUT2D eigenvalue weighted by molar-refractivity contribution is -0.139. The van der Waals surface area contributed by atoms with Crippen molar-refractivity contribution in [3.05, 3.63) is 65.9 Å². The Kier molecular flexibility index (Phi) is 4.70. The highest BCUT2D eigenvalue weighted by Crippen LogP contribution is 2.21. The zero-order chi connectivity index (χ0) is 17.8. The van der Waals surface area contributed by atoms with Crippen LogP contribution in [0.4, 0.5) is 10.5 Å². The number of aryl methyl sites for hydroxylation is 1. The van der Waals surface area contributed by atoms with Gasteiger partial charge in [-0.2, -0.15) is 0 Å². The van der Waals surface area contributed by atoms with E-state index in [0.717, 1.165) is 22.0 Å². The summed E-state index contributed by atoms with van der Waals surface area (Å²) in [5.41, 5.74) is 3.49. The number of hydrogen-bond donors (Lipinski definition) is 4. The molecule has 0 bridgehead atoms. The van der Waals surface area contributed by atoms with Crippen LogP contribution in [0.1, 0.15) is 11.1 Å². The first-order valence-corrected chi connectivity index (χ1v) is 7.95. The third-order valence-electron chi connectivity index (χ3n) is 3.98. The van der Waals surface area contributed by atoms with Crippen molar-refractivity contribution in [2.24, 2.45) is 0 Å². The lowest BCUT2D eigenvalue weighted by Gasteiger charge is -2.15. The van der Waals surface area contributed by atoms with E-state index in [4.69, 9.17) is 0 Å². The predicted molar refractivity (Wildman–Crippen MR) is 96.8 cm³/mol. The summed E-state index contributed by atoms with van der Waals surface area (Å²) in [5.74, 6) is -1.08. The number of hydrogen-bond acceptors (Lipinski definition) is 2. The molecule has 0 aliphatic carbocycles. The molecule has 3 aromatic rings. The van der Waals surface area contributed by atoms with Crippen LogP contribution in [0.3, 0.4) is 0 Å². The number of para-hydroxylation sites is 1. The lowest BCUT2D eigenvalue weighted by atomic mass is 10.0. The number of nitrogens with one attached hydrogen (secondary N) is 3. The smallest absolute Gasteiger partial charge is 0.326 e. The van der Waals surface area contributed by atoms with Crippen molar-refractivity contribution in [2.45, 2.75) is 19.4 Å². The molecule has 2 amide bonds. The number of carbonyl (C=O) groups is 2. The molecule has 1 atom stereocenters. The second-order valence-corrected chi connectivity index (χ2v) is 5.92. The molecule has 128 valence electrons. The Labute approximate surface area is 144 Å². The summed E-state index contributed by atoms with van der Waals surface area (Å²) < 4.78 is 0. The summed E-state index contributed by atoms with van der Waals surface area (Å²) in [7, 11) is 0. The van der Waals surface area contributed by atoms with Gasteiger partial charge in [0.15, 0.2) is 0 Å². The fraction of sp³-hybridized carbons (Fsp3) is 0.158. The lowest BCUT2D eigenvalue weighted by Crippen LogP contribution is -2.44. The van der Waals surface area contributed by atoms with Crippen LogP contribution in [0, 0.1) is 6.92 Å². The van der Waals surface area contributed by atoms with E-state index < -0.39 is 18.0 Å². The Bertz CT molecular complexity index is 903. The molecule has 0 fully saturated rings. The van der Waals surface area contributed by atoms with Crippen LogP contribution in [-0.4, -0.2) is 28.1 Å². The molecule has 0 saturated carbocycles. The maximum atomic E-state index is 12.1. The maximum Gasteiger partial charge on any atom is 0.326 e. The first-order chi connectivity index (χ1) is 12.0. The molecular formula is C19H19N3O3. The number of carboxylic acid groups (broad SMARTS) is 1. The van der Waals surface area contributed by atoms with Crippen molar-refractivity contribution < 1.29 is 14.7 Å². The van der Waals surface area contributed by atoms with E-state index in [1.807, 2.05) is 31.2 Å². The second-order valence-electron chi connectivity index (χ2n) is 5.92. The van der Waals surface area contributed by atoms with Crippen LogP contribution in [0.25, 0.3) is 10.9 Å². The van der Waals surface area contributed by atoms with E-state index in [2.05, 4.69) is 15.6 Å². The molecular weight excluding hydrogens is 318 g/mol. The molecule has 4 N–H and O–H groups in total. The SMILES string of the molecule is Cc1ccc2[nH]cc(C[C@H](NC(=O)Nc3ccccc3)C(=O)O)c2c1. The van der Waals surface area contributed by atoms with E-state index in [0.29, 0.717) is 5.69 Å². The summed E-state index contributed by atoms with van der Waals surface area (Å²) in [6.45, 7) is 1.98. The van der Waals surface area contributed by atoms with Gasteiger partial charge in [-0.25, -0.2) is 9.59 Å². The van der Waals surface area contributed by atoms with Crippen molar-refractivity contribution in [1.29, 1.82) is 0 Å².